The van der Waals surface area contributed by atoms with E-state index in [0.717, 1.165) is 58.4 Å². The highest BCUT2D eigenvalue weighted by Gasteiger charge is 2.29. The van der Waals surface area contributed by atoms with Crippen molar-refractivity contribution in [2.75, 3.05) is 50.8 Å². The summed E-state index contributed by atoms with van der Waals surface area (Å²) in [4.78, 5) is 30.4. The Balaban J connectivity index is 1.48. The molecule has 0 bridgehead atoms. The van der Waals surface area contributed by atoms with Crippen LogP contribution in [0.2, 0.25) is 0 Å². The maximum absolute atomic E-state index is 15.2. The molecule has 172 valence electrons. The lowest BCUT2D eigenvalue weighted by Crippen LogP contribution is -2.46. The Morgan fingerprint density at radius 2 is 1.97 bits per heavy atom. The second-order valence-corrected chi connectivity index (χ2v) is 9.10. The molecule has 32 heavy (non-hydrogen) atoms. The Labute approximate surface area is 187 Å². The smallest absolute Gasteiger partial charge is 0.256 e. The Kier molecular flexibility index (Phi) is 5.90. The molecule has 1 aromatic heterocycles. The van der Waals surface area contributed by atoms with Crippen LogP contribution in [0.25, 0.3) is 10.9 Å². The first-order valence-corrected chi connectivity index (χ1v) is 11.8. The van der Waals surface area contributed by atoms with Crippen molar-refractivity contribution < 1.29 is 13.9 Å². The number of piperazine rings is 1. The summed E-state index contributed by atoms with van der Waals surface area (Å²) in [6.07, 6.45) is 5.56. The number of carbonyl (C=O) groups is 1. The van der Waals surface area contributed by atoms with E-state index in [9.17, 15) is 9.59 Å². The Hall–Kier alpha value is -2.45. The lowest BCUT2D eigenvalue weighted by atomic mass is 10.1. The second kappa shape index (κ2) is 8.83. The Morgan fingerprint density at radius 1 is 1.19 bits per heavy atom. The molecule has 1 saturated carbocycles. The van der Waals surface area contributed by atoms with Crippen LogP contribution in [-0.2, 0) is 4.74 Å². The zero-order valence-corrected chi connectivity index (χ0v) is 18.6. The fraction of sp³-hybridized carbons (Fsp3) is 0.583. The molecule has 2 aliphatic heterocycles. The fourth-order valence-electron chi connectivity index (χ4n) is 4.83. The van der Waals surface area contributed by atoms with Crippen molar-refractivity contribution in [2.24, 2.45) is 0 Å². The summed E-state index contributed by atoms with van der Waals surface area (Å²) in [6, 6.07) is 3.38. The third-order valence-corrected chi connectivity index (χ3v) is 6.96. The van der Waals surface area contributed by atoms with Crippen molar-refractivity contribution in [3.8, 4) is 0 Å². The molecule has 0 unspecified atom stereocenters. The summed E-state index contributed by atoms with van der Waals surface area (Å²) in [5.41, 5.74) is 0.911. The lowest BCUT2D eigenvalue weighted by Gasteiger charge is -2.35. The third-order valence-electron chi connectivity index (χ3n) is 6.96. The summed E-state index contributed by atoms with van der Waals surface area (Å²) >= 11 is 0. The predicted molar refractivity (Wildman–Crippen MR) is 122 cm³/mol. The van der Waals surface area contributed by atoms with Crippen molar-refractivity contribution >= 4 is 22.5 Å². The van der Waals surface area contributed by atoms with Gasteiger partial charge in [-0.25, -0.2) is 4.39 Å². The molecule has 8 heteroatoms. The van der Waals surface area contributed by atoms with Gasteiger partial charge in [0.05, 0.1) is 17.3 Å². The van der Waals surface area contributed by atoms with E-state index in [4.69, 9.17) is 4.74 Å². The molecule has 1 aliphatic carbocycles. The molecular weight excluding hydrogens is 411 g/mol. The highest BCUT2D eigenvalue weighted by molar-refractivity contribution is 5.98. The normalized spacial score (nSPS) is 21.9. The van der Waals surface area contributed by atoms with Crippen LogP contribution in [0.4, 0.5) is 10.1 Å². The molecule has 1 aromatic carbocycles. The van der Waals surface area contributed by atoms with Crippen molar-refractivity contribution in [2.45, 2.75) is 44.8 Å². The molecule has 1 atom stereocenters. The van der Waals surface area contributed by atoms with Gasteiger partial charge in [0, 0.05) is 57.0 Å². The number of pyridine rings is 1. The van der Waals surface area contributed by atoms with Crippen LogP contribution >= 0.6 is 0 Å². The number of rotatable bonds is 6. The van der Waals surface area contributed by atoms with E-state index >= 15 is 4.39 Å². The summed E-state index contributed by atoms with van der Waals surface area (Å²) in [5, 5.41) is 3.11. The number of nitrogens with zero attached hydrogens (tertiary/aromatic N) is 3. The number of nitrogens with one attached hydrogen (secondary N) is 1. The van der Waals surface area contributed by atoms with Crippen LogP contribution in [0.1, 0.15) is 49.0 Å². The largest absolute Gasteiger partial charge is 0.376 e. The van der Waals surface area contributed by atoms with Gasteiger partial charge in [-0.05, 0) is 44.4 Å². The molecule has 7 nitrogen and oxygen atoms in total. The molecular formula is C24H31FN4O3. The molecule has 3 heterocycles. The fourth-order valence-corrected chi connectivity index (χ4v) is 4.83. The van der Waals surface area contributed by atoms with Gasteiger partial charge in [-0.1, -0.05) is 6.92 Å². The van der Waals surface area contributed by atoms with Gasteiger partial charge in [-0.15, -0.1) is 0 Å². The van der Waals surface area contributed by atoms with E-state index < -0.39 is 17.2 Å². The third kappa shape index (κ3) is 4.13. The number of ether oxygens (including phenoxy) is 1. The molecule has 2 aromatic rings. The SMILES string of the molecule is CCN1CCN(c2cc3c(cc2F)c(=O)c(C(=O)NC[C@H]2CCCO2)cn3C2CC2)CC1. The maximum atomic E-state index is 15.2. The number of fused-ring (bicyclic) bond motifs is 1. The second-order valence-electron chi connectivity index (χ2n) is 9.10. The minimum absolute atomic E-state index is 0.00163. The van der Waals surface area contributed by atoms with Gasteiger partial charge in [-0.3, -0.25) is 9.59 Å². The van der Waals surface area contributed by atoms with Crippen LogP contribution in [0, 0.1) is 5.82 Å². The Bertz CT molecular complexity index is 1070. The number of carbonyl (C=O) groups excluding carboxylic acids is 1. The number of anilines is 1. The summed E-state index contributed by atoms with van der Waals surface area (Å²) in [7, 11) is 0. The van der Waals surface area contributed by atoms with Gasteiger partial charge in [0.15, 0.2) is 0 Å². The van der Waals surface area contributed by atoms with Crippen molar-refractivity contribution in [3.63, 3.8) is 0 Å². The average Bonchev–Trinajstić information content (AvgIpc) is 3.52. The number of benzene rings is 1. The van der Waals surface area contributed by atoms with Gasteiger partial charge >= 0.3 is 0 Å². The van der Waals surface area contributed by atoms with Gasteiger partial charge < -0.3 is 24.4 Å². The molecule has 2 saturated heterocycles. The summed E-state index contributed by atoms with van der Waals surface area (Å²) < 4.78 is 22.7. The van der Waals surface area contributed by atoms with E-state index in [1.807, 2.05) is 4.57 Å². The average molecular weight is 443 g/mol. The Morgan fingerprint density at radius 3 is 2.62 bits per heavy atom. The maximum Gasteiger partial charge on any atom is 0.256 e. The zero-order chi connectivity index (χ0) is 22.2. The van der Waals surface area contributed by atoms with Gasteiger partial charge in [0.1, 0.15) is 11.4 Å². The first-order chi connectivity index (χ1) is 15.5. The number of amides is 1. The van der Waals surface area contributed by atoms with Gasteiger partial charge in [0.25, 0.3) is 5.91 Å². The minimum Gasteiger partial charge on any atom is -0.376 e. The van der Waals surface area contributed by atoms with Crippen LogP contribution in [0.15, 0.2) is 23.1 Å². The monoisotopic (exact) mass is 442 g/mol. The predicted octanol–water partition coefficient (Wildman–Crippen LogP) is 2.53. The topological polar surface area (TPSA) is 66.8 Å². The first-order valence-electron chi connectivity index (χ1n) is 11.8. The van der Waals surface area contributed by atoms with Crippen molar-refractivity contribution in [3.05, 3.63) is 39.9 Å². The van der Waals surface area contributed by atoms with Crippen molar-refractivity contribution in [1.29, 1.82) is 0 Å². The van der Waals surface area contributed by atoms with E-state index in [2.05, 4.69) is 22.0 Å². The van der Waals surface area contributed by atoms with E-state index in [1.54, 1.807) is 12.3 Å². The molecule has 3 aliphatic rings. The van der Waals surface area contributed by atoms with Gasteiger partial charge in [-0.2, -0.15) is 0 Å². The quantitative estimate of drug-likeness (QED) is 0.745. The lowest BCUT2D eigenvalue weighted by molar-refractivity contribution is 0.0856. The molecule has 3 fully saturated rings. The molecule has 1 amide bonds. The number of hydrogen-bond acceptors (Lipinski definition) is 5. The number of likely N-dealkylation sites (N-methyl/N-ethyl adjacent to an activating group) is 1. The van der Waals surface area contributed by atoms with Crippen LogP contribution in [-0.4, -0.2) is 67.4 Å². The summed E-state index contributed by atoms with van der Waals surface area (Å²) in [6.45, 7) is 7.53. The van der Waals surface area contributed by atoms with E-state index in [0.29, 0.717) is 24.4 Å². The molecule has 5 rings (SSSR count). The zero-order valence-electron chi connectivity index (χ0n) is 18.6. The standard InChI is InChI=1S/C24H31FN4O3/c1-2-27-7-9-28(10-8-27)22-13-21-18(12-20(22)25)23(30)19(15-29(21)16-5-6-16)24(31)26-14-17-4-3-11-32-17/h12-13,15-17H,2-11,14H2,1H3,(H,26,31)/t17-/m1/s1. The van der Waals surface area contributed by atoms with Gasteiger partial charge in [0.2, 0.25) is 5.43 Å². The number of hydrogen-bond donors (Lipinski definition) is 1. The first kappa shape index (κ1) is 21.4. The van der Waals surface area contributed by atoms with E-state index in [-0.39, 0.29) is 23.1 Å². The minimum atomic E-state index is -0.415. The van der Waals surface area contributed by atoms with E-state index in [1.165, 1.54) is 6.07 Å². The van der Waals surface area contributed by atoms with Crippen molar-refractivity contribution in [1.82, 2.24) is 14.8 Å². The van der Waals surface area contributed by atoms with Crippen LogP contribution < -0.4 is 15.6 Å². The number of halogens is 1. The summed E-state index contributed by atoms with van der Waals surface area (Å²) in [5.74, 6) is -0.819. The van der Waals surface area contributed by atoms with Crippen LogP contribution in [0.5, 0.6) is 0 Å². The molecule has 0 radical (unpaired) electrons. The number of aromatic nitrogens is 1. The molecule has 1 N–H and O–H groups in total. The highest BCUT2D eigenvalue weighted by Crippen LogP contribution is 2.38. The highest BCUT2D eigenvalue weighted by atomic mass is 19.1. The molecule has 0 spiro atoms. The van der Waals surface area contributed by atoms with Crippen LogP contribution in [0.3, 0.4) is 0 Å².